The number of benzene rings is 1. The number of rotatable bonds is 3. The molecule has 2 heterocycles. The number of urea groups is 1. The summed E-state index contributed by atoms with van der Waals surface area (Å²) in [6, 6.07) is 7.25. The van der Waals surface area contributed by atoms with Crippen LogP contribution in [0, 0.1) is 0 Å². The number of nitrogens with one attached hydrogen (secondary N) is 1. The lowest BCUT2D eigenvalue weighted by atomic mass is 10.0. The summed E-state index contributed by atoms with van der Waals surface area (Å²) in [6.45, 7) is 9.99. The van der Waals surface area contributed by atoms with Crippen LogP contribution in [-0.2, 0) is 0 Å². The van der Waals surface area contributed by atoms with Crippen molar-refractivity contribution in [3.8, 4) is 0 Å². The van der Waals surface area contributed by atoms with Crippen LogP contribution in [0.5, 0.6) is 0 Å². The van der Waals surface area contributed by atoms with Crippen molar-refractivity contribution in [2.45, 2.75) is 58.5 Å². The van der Waals surface area contributed by atoms with Gasteiger partial charge in [-0.3, -0.25) is 0 Å². The van der Waals surface area contributed by atoms with Gasteiger partial charge in [-0.2, -0.15) is 0 Å². The zero-order valence-corrected chi connectivity index (χ0v) is 15.1. The second-order valence-electron chi connectivity index (χ2n) is 7.38. The van der Waals surface area contributed by atoms with Crippen LogP contribution in [0.3, 0.4) is 0 Å². The number of hydrogen-bond donors (Lipinski definition) is 1. The Morgan fingerprint density at radius 2 is 1.92 bits per heavy atom. The van der Waals surface area contributed by atoms with Crippen LogP contribution >= 0.6 is 0 Å². The quantitative estimate of drug-likeness (QED) is 0.928. The molecule has 0 bridgehead atoms. The van der Waals surface area contributed by atoms with E-state index in [0.717, 1.165) is 31.4 Å². The first-order valence-corrected chi connectivity index (χ1v) is 8.97. The number of nitrogens with zero attached hydrogens (tertiary/aromatic N) is 3. The normalized spacial score (nSPS) is 16.3. The lowest BCUT2D eigenvalue weighted by Crippen LogP contribution is -2.46. The summed E-state index contributed by atoms with van der Waals surface area (Å²) in [4.78, 5) is 18.6. The minimum absolute atomic E-state index is 0.0560. The fourth-order valence-electron chi connectivity index (χ4n) is 3.38. The number of likely N-dealkylation sites (tertiary alicyclic amines) is 1. The van der Waals surface area contributed by atoms with Crippen molar-refractivity contribution >= 4 is 17.1 Å². The van der Waals surface area contributed by atoms with Gasteiger partial charge in [-0.15, -0.1) is 0 Å². The number of imidazole rings is 1. The molecule has 0 radical (unpaired) electrons. The topological polar surface area (TPSA) is 50.2 Å². The molecule has 5 nitrogen and oxygen atoms in total. The standard InChI is InChI=1S/C19H28N4O/c1-13(2)15-5-6-18-17(11-15)20-12-23(18)16-7-9-22(10-8-16)19(24)21-14(3)4/h5-6,11-14,16H,7-10H2,1-4H3,(H,21,24). The van der Waals surface area contributed by atoms with E-state index in [4.69, 9.17) is 0 Å². The Hall–Kier alpha value is -2.04. The monoisotopic (exact) mass is 328 g/mol. The number of piperidine rings is 1. The highest BCUT2D eigenvalue weighted by molar-refractivity contribution is 5.76. The molecule has 1 N–H and O–H groups in total. The van der Waals surface area contributed by atoms with Gasteiger partial charge >= 0.3 is 6.03 Å². The summed E-state index contributed by atoms with van der Waals surface area (Å²) in [7, 11) is 0. The molecule has 1 aromatic heterocycles. The van der Waals surface area contributed by atoms with Crippen LogP contribution in [0.25, 0.3) is 11.0 Å². The van der Waals surface area contributed by atoms with Crippen molar-refractivity contribution in [3.05, 3.63) is 30.1 Å². The van der Waals surface area contributed by atoms with Crippen molar-refractivity contribution in [1.82, 2.24) is 19.8 Å². The van der Waals surface area contributed by atoms with Crippen LogP contribution in [0.15, 0.2) is 24.5 Å². The zero-order valence-electron chi connectivity index (χ0n) is 15.1. The van der Waals surface area contributed by atoms with Gasteiger partial charge in [-0.05, 0) is 50.3 Å². The first kappa shape index (κ1) is 16.8. The van der Waals surface area contributed by atoms with Crippen molar-refractivity contribution < 1.29 is 4.79 Å². The molecule has 1 aliphatic rings. The summed E-state index contributed by atoms with van der Waals surface area (Å²) in [5.41, 5.74) is 3.60. The molecule has 2 amide bonds. The van der Waals surface area contributed by atoms with E-state index in [1.807, 2.05) is 25.1 Å². The van der Waals surface area contributed by atoms with Gasteiger partial charge in [-0.1, -0.05) is 19.9 Å². The number of aromatic nitrogens is 2. The first-order valence-electron chi connectivity index (χ1n) is 8.97. The first-order chi connectivity index (χ1) is 11.5. The molecule has 0 aliphatic carbocycles. The van der Waals surface area contributed by atoms with E-state index in [1.165, 1.54) is 11.1 Å². The van der Waals surface area contributed by atoms with Gasteiger partial charge in [0.25, 0.3) is 0 Å². The second-order valence-corrected chi connectivity index (χ2v) is 7.38. The highest BCUT2D eigenvalue weighted by Gasteiger charge is 2.25. The summed E-state index contributed by atoms with van der Waals surface area (Å²) in [5, 5.41) is 2.98. The number of carbonyl (C=O) groups excluding carboxylic acids is 1. The molecule has 5 heteroatoms. The third kappa shape index (κ3) is 3.40. The van der Waals surface area contributed by atoms with Crippen molar-refractivity contribution in [3.63, 3.8) is 0 Å². The van der Waals surface area contributed by atoms with Gasteiger partial charge in [0.05, 0.1) is 17.4 Å². The predicted molar refractivity (Wildman–Crippen MR) is 97.3 cm³/mol. The van der Waals surface area contributed by atoms with Crippen LogP contribution in [0.2, 0.25) is 0 Å². The molecule has 1 aliphatic heterocycles. The minimum Gasteiger partial charge on any atom is -0.336 e. The predicted octanol–water partition coefficient (Wildman–Crippen LogP) is 3.91. The van der Waals surface area contributed by atoms with Crippen LogP contribution in [0.4, 0.5) is 4.79 Å². The molecule has 2 aromatic rings. The maximum absolute atomic E-state index is 12.1. The smallest absolute Gasteiger partial charge is 0.317 e. The van der Waals surface area contributed by atoms with E-state index < -0.39 is 0 Å². The molecule has 1 aromatic carbocycles. The van der Waals surface area contributed by atoms with Gasteiger partial charge in [0.15, 0.2) is 0 Å². The Bertz CT molecular complexity index is 711. The third-order valence-corrected chi connectivity index (χ3v) is 4.82. The highest BCUT2D eigenvalue weighted by atomic mass is 16.2. The van der Waals surface area contributed by atoms with E-state index >= 15 is 0 Å². The molecule has 0 atom stereocenters. The fraction of sp³-hybridized carbons (Fsp3) is 0.579. The summed E-state index contributed by atoms with van der Waals surface area (Å²) >= 11 is 0. The number of amides is 2. The summed E-state index contributed by atoms with van der Waals surface area (Å²) in [5.74, 6) is 0.516. The molecule has 24 heavy (non-hydrogen) atoms. The Kier molecular flexibility index (Phi) is 4.78. The van der Waals surface area contributed by atoms with Crippen molar-refractivity contribution in [1.29, 1.82) is 0 Å². The van der Waals surface area contributed by atoms with Gasteiger partial charge in [0, 0.05) is 25.2 Å². The highest BCUT2D eigenvalue weighted by Crippen LogP contribution is 2.28. The molecule has 0 saturated carbocycles. The molecule has 0 unspecified atom stereocenters. The molecule has 3 rings (SSSR count). The van der Waals surface area contributed by atoms with Crippen LogP contribution in [-0.4, -0.2) is 39.6 Å². The lowest BCUT2D eigenvalue weighted by molar-refractivity contribution is 0.170. The Balaban J connectivity index is 1.70. The number of carbonyl (C=O) groups is 1. The minimum atomic E-state index is 0.0560. The maximum Gasteiger partial charge on any atom is 0.317 e. The Morgan fingerprint density at radius 1 is 1.21 bits per heavy atom. The molecule has 0 spiro atoms. The van der Waals surface area contributed by atoms with Crippen LogP contribution in [0.1, 0.15) is 58.1 Å². The summed E-state index contributed by atoms with van der Waals surface area (Å²) < 4.78 is 2.29. The fourth-order valence-corrected chi connectivity index (χ4v) is 3.38. The van der Waals surface area contributed by atoms with Crippen molar-refractivity contribution in [2.75, 3.05) is 13.1 Å². The number of fused-ring (bicyclic) bond motifs is 1. The second kappa shape index (κ2) is 6.83. The maximum atomic E-state index is 12.1. The largest absolute Gasteiger partial charge is 0.336 e. The number of hydrogen-bond acceptors (Lipinski definition) is 2. The van der Waals surface area contributed by atoms with Crippen molar-refractivity contribution in [2.24, 2.45) is 0 Å². The molecular formula is C19H28N4O. The van der Waals surface area contributed by atoms with E-state index in [2.05, 4.69) is 46.9 Å². The average Bonchev–Trinajstić information content (AvgIpc) is 2.97. The van der Waals surface area contributed by atoms with E-state index in [-0.39, 0.29) is 12.1 Å². The van der Waals surface area contributed by atoms with Gasteiger partial charge in [-0.25, -0.2) is 9.78 Å². The van der Waals surface area contributed by atoms with E-state index in [9.17, 15) is 4.79 Å². The summed E-state index contributed by atoms with van der Waals surface area (Å²) in [6.07, 6.45) is 3.91. The van der Waals surface area contributed by atoms with Gasteiger partial charge < -0.3 is 14.8 Å². The Morgan fingerprint density at radius 3 is 2.54 bits per heavy atom. The third-order valence-electron chi connectivity index (χ3n) is 4.82. The van der Waals surface area contributed by atoms with Gasteiger partial charge in [0.2, 0.25) is 0 Å². The molecule has 130 valence electrons. The van der Waals surface area contributed by atoms with E-state index in [0.29, 0.717) is 12.0 Å². The zero-order chi connectivity index (χ0) is 17.3. The molecular weight excluding hydrogens is 300 g/mol. The SMILES string of the molecule is CC(C)NC(=O)N1CCC(n2cnc3cc(C(C)C)ccc32)CC1. The lowest BCUT2D eigenvalue weighted by Gasteiger charge is -2.33. The molecule has 1 fully saturated rings. The average molecular weight is 328 g/mol. The molecule has 1 saturated heterocycles. The van der Waals surface area contributed by atoms with Crippen LogP contribution < -0.4 is 5.32 Å². The van der Waals surface area contributed by atoms with E-state index in [1.54, 1.807) is 0 Å². The Labute approximate surface area is 144 Å². The van der Waals surface area contributed by atoms with Gasteiger partial charge in [0.1, 0.15) is 0 Å².